The van der Waals surface area contributed by atoms with Crippen LogP contribution in [0.1, 0.15) is 37.0 Å². The fraction of sp³-hybridized carbons (Fsp3) is 0.500. The monoisotopic (exact) mass is 344 g/mol. The smallest absolute Gasteiger partial charge is 0.256 e. The highest BCUT2D eigenvalue weighted by molar-refractivity contribution is 6.00. The summed E-state index contributed by atoms with van der Waals surface area (Å²) >= 11 is 0. The molecule has 2 aromatic rings. The van der Waals surface area contributed by atoms with Gasteiger partial charge in [-0.2, -0.15) is 0 Å². The Labute approximate surface area is 146 Å². The summed E-state index contributed by atoms with van der Waals surface area (Å²) in [5.74, 6) is -0.567. The first kappa shape index (κ1) is 17.4. The third-order valence-corrected chi connectivity index (χ3v) is 4.64. The number of carbonyl (C=O) groups is 2. The molecule has 2 unspecified atom stereocenters. The van der Waals surface area contributed by atoms with E-state index in [9.17, 15) is 14.7 Å². The summed E-state index contributed by atoms with van der Waals surface area (Å²) in [7, 11) is 0. The van der Waals surface area contributed by atoms with Crippen LogP contribution < -0.4 is 5.32 Å². The van der Waals surface area contributed by atoms with E-state index in [2.05, 4.69) is 10.3 Å². The first-order valence-electron chi connectivity index (χ1n) is 8.65. The SMILES string of the molecule is CC(C)C(O)C(=O)NC1CCCN(C(=O)c2cccn3cncc23)C1. The molecule has 7 heteroatoms. The number of rotatable bonds is 4. The van der Waals surface area contributed by atoms with Crippen molar-refractivity contribution >= 4 is 17.3 Å². The van der Waals surface area contributed by atoms with Gasteiger partial charge in [0.1, 0.15) is 6.10 Å². The molecule has 0 radical (unpaired) electrons. The topological polar surface area (TPSA) is 86.9 Å². The highest BCUT2D eigenvalue weighted by Crippen LogP contribution is 2.17. The number of aliphatic hydroxyl groups excluding tert-OH is 1. The van der Waals surface area contributed by atoms with E-state index >= 15 is 0 Å². The molecule has 7 nitrogen and oxygen atoms in total. The molecule has 0 bridgehead atoms. The lowest BCUT2D eigenvalue weighted by molar-refractivity contribution is -0.132. The summed E-state index contributed by atoms with van der Waals surface area (Å²) < 4.78 is 1.81. The van der Waals surface area contributed by atoms with E-state index in [4.69, 9.17) is 0 Å². The van der Waals surface area contributed by atoms with E-state index in [1.54, 1.807) is 37.3 Å². The molecule has 2 N–H and O–H groups in total. The summed E-state index contributed by atoms with van der Waals surface area (Å²) in [4.78, 5) is 30.8. The van der Waals surface area contributed by atoms with E-state index in [0.717, 1.165) is 18.4 Å². The maximum atomic E-state index is 12.9. The van der Waals surface area contributed by atoms with Crippen LogP contribution in [0.2, 0.25) is 0 Å². The van der Waals surface area contributed by atoms with Crippen LogP contribution in [0.4, 0.5) is 0 Å². The van der Waals surface area contributed by atoms with Gasteiger partial charge in [-0.25, -0.2) is 4.98 Å². The van der Waals surface area contributed by atoms with Gasteiger partial charge in [0.15, 0.2) is 0 Å². The first-order chi connectivity index (χ1) is 12.0. The van der Waals surface area contributed by atoms with Crippen LogP contribution >= 0.6 is 0 Å². The average molecular weight is 344 g/mol. The van der Waals surface area contributed by atoms with Crippen molar-refractivity contribution in [2.24, 2.45) is 5.92 Å². The lowest BCUT2D eigenvalue weighted by atomic mass is 10.0. The average Bonchev–Trinajstić information content (AvgIpc) is 3.09. The van der Waals surface area contributed by atoms with Crippen LogP contribution in [-0.4, -0.2) is 56.4 Å². The highest BCUT2D eigenvalue weighted by Gasteiger charge is 2.28. The van der Waals surface area contributed by atoms with Crippen LogP contribution in [0.25, 0.3) is 5.52 Å². The molecule has 0 aromatic carbocycles. The van der Waals surface area contributed by atoms with Gasteiger partial charge in [0.25, 0.3) is 5.91 Å². The second kappa shape index (κ2) is 7.23. The molecule has 1 fully saturated rings. The molecular formula is C18H24N4O3. The normalized spacial score (nSPS) is 19.2. The van der Waals surface area contributed by atoms with E-state index in [0.29, 0.717) is 18.7 Å². The number of nitrogens with one attached hydrogen (secondary N) is 1. The van der Waals surface area contributed by atoms with Crippen molar-refractivity contribution in [3.05, 3.63) is 36.4 Å². The van der Waals surface area contributed by atoms with E-state index < -0.39 is 6.10 Å². The lowest BCUT2D eigenvalue weighted by Gasteiger charge is -2.34. The molecule has 2 amide bonds. The fourth-order valence-corrected chi connectivity index (χ4v) is 3.17. The minimum atomic E-state index is -1.02. The van der Waals surface area contributed by atoms with E-state index in [1.165, 1.54) is 0 Å². The van der Waals surface area contributed by atoms with E-state index in [-0.39, 0.29) is 23.8 Å². The standard InChI is InChI=1S/C18H24N4O3/c1-12(2)16(23)17(24)20-13-5-3-7-21(10-13)18(25)14-6-4-8-22-11-19-9-15(14)22/h4,6,8-9,11-13,16,23H,3,5,7,10H2,1-2H3,(H,20,24). The minimum absolute atomic E-state index is 0.0607. The number of fused-ring (bicyclic) bond motifs is 1. The zero-order valence-electron chi connectivity index (χ0n) is 14.6. The molecule has 0 aliphatic carbocycles. The number of imidazole rings is 1. The molecular weight excluding hydrogens is 320 g/mol. The van der Waals surface area contributed by atoms with E-state index in [1.807, 2.05) is 16.7 Å². The summed E-state index contributed by atoms with van der Waals surface area (Å²) in [6, 6.07) is 3.48. The molecule has 0 spiro atoms. The van der Waals surface area contributed by atoms with Gasteiger partial charge < -0.3 is 19.7 Å². The van der Waals surface area contributed by atoms with Crippen molar-refractivity contribution < 1.29 is 14.7 Å². The number of aliphatic hydroxyl groups is 1. The molecule has 1 aliphatic heterocycles. The maximum Gasteiger partial charge on any atom is 0.256 e. The highest BCUT2D eigenvalue weighted by atomic mass is 16.3. The number of hydrogen-bond acceptors (Lipinski definition) is 4. The Balaban J connectivity index is 1.70. The number of piperidine rings is 1. The van der Waals surface area contributed by atoms with Gasteiger partial charge in [-0.3, -0.25) is 9.59 Å². The Morgan fingerprint density at radius 3 is 2.96 bits per heavy atom. The summed E-state index contributed by atoms with van der Waals surface area (Å²) in [5, 5.41) is 12.7. The number of likely N-dealkylation sites (tertiary alicyclic amines) is 1. The molecule has 1 aliphatic rings. The van der Waals surface area contributed by atoms with Crippen molar-refractivity contribution in [1.29, 1.82) is 0 Å². The third-order valence-electron chi connectivity index (χ3n) is 4.64. The van der Waals surface area contributed by atoms with Crippen LogP contribution in [0, 0.1) is 5.92 Å². The molecule has 3 rings (SSSR count). The lowest BCUT2D eigenvalue weighted by Crippen LogP contribution is -2.52. The van der Waals surface area contributed by atoms with Crippen molar-refractivity contribution in [2.45, 2.75) is 38.8 Å². The van der Waals surface area contributed by atoms with Crippen molar-refractivity contribution in [3.8, 4) is 0 Å². The Bertz CT molecular complexity index is 771. The zero-order valence-corrected chi connectivity index (χ0v) is 14.6. The predicted octanol–water partition coefficient (Wildman–Crippen LogP) is 1.07. The molecule has 25 heavy (non-hydrogen) atoms. The number of nitrogens with zero attached hydrogens (tertiary/aromatic N) is 3. The quantitative estimate of drug-likeness (QED) is 0.869. The van der Waals surface area contributed by atoms with Gasteiger partial charge in [-0.05, 0) is 30.9 Å². The predicted molar refractivity (Wildman–Crippen MR) is 93.1 cm³/mol. The maximum absolute atomic E-state index is 12.9. The third kappa shape index (κ3) is 3.66. The first-order valence-corrected chi connectivity index (χ1v) is 8.65. The molecule has 134 valence electrons. The van der Waals surface area contributed by atoms with Crippen LogP contribution in [0.3, 0.4) is 0 Å². The van der Waals surface area contributed by atoms with Crippen molar-refractivity contribution in [1.82, 2.24) is 19.6 Å². The summed E-state index contributed by atoms with van der Waals surface area (Å²) in [6.45, 7) is 4.71. The molecule has 2 aromatic heterocycles. The van der Waals surface area contributed by atoms with Crippen molar-refractivity contribution in [3.63, 3.8) is 0 Å². The Morgan fingerprint density at radius 2 is 2.20 bits per heavy atom. The van der Waals surface area contributed by atoms with Gasteiger partial charge >= 0.3 is 0 Å². The number of amides is 2. The Kier molecular flexibility index (Phi) is 5.03. The van der Waals surface area contributed by atoms with Gasteiger partial charge in [-0.15, -0.1) is 0 Å². The minimum Gasteiger partial charge on any atom is -0.383 e. The number of pyridine rings is 1. The second-order valence-corrected chi connectivity index (χ2v) is 6.90. The summed E-state index contributed by atoms with van der Waals surface area (Å²) in [5.41, 5.74) is 1.38. The number of carbonyl (C=O) groups excluding carboxylic acids is 2. The van der Waals surface area contributed by atoms with Gasteiger partial charge in [0.05, 0.1) is 23.6 Å². The van der Waals surface area contributed by atoms with Crippen LogP contribution in [-0.2, 0) is 4.79 Å². The number of aromatic nitrogens is 2. The zero-order chi connectivity index (χ0) is 18.0. The van der Waals surface area contributed by atoms with Gasteiger partial charge in [0.2, 0.25) is 5.91 Å². The molecule has 0 saturated carbocycles. The molecule has 2 atom stereocenters. The van der Waals surface area contributed by atoms with Gasteiger partial charge in [0, 0.05) is 25.3 Å². The largest absolute Gasteiger partial charge is 0.383 e. The fourth-order valence-electron chi connectivity index (χ4n) is 3.17. The summed E-state index contributed by atoms with van der Waals surface area (Å²) in [6.07, 6.45) is 5.79. The second-order valence-electron chi connectivity index (χ2n) is 6.90. The molecule has 1 saturated heterocycles. The van der Waals surface area contributed by atoms with Crippen LogP contribution in [0.5, 0.6) is 0 Å². The van der Waals surface area contributed by atoms with Gasteiger partial charge in [-0.1, -0.05) is 13.8 Å². The number of hydrogen-bond donors (Lipinski definition) is 2. The Morgan fingerprint density at radius 1 is 1.40 bits per heavy atom. The van der Waals surface area contributed by atoms with Crippen LogP contribution in [0.15, 0.2) is 30.9 Å². The molecule has 3 heterocycles. The Hall–Kier alpha value is -2.41. The van der Waals surface area contributed by atoms with Crippen molar-refractivity contribution in [2.75, 3.05) is 13.1 Å².